The van der Waals surface area contributed by atoms with Gasteiger partial charge in [-0.05, 0) is 12.1 Å². The highest BCUT2D eigenvalue weighted by Gasteiger charge is 2.28. The summed E-state index contributed by atoms with van der Waals surface area (Å²) in [6, 6.07) is 2.78. The summed E-state index contributed by atoms with van der Waals surface area (Å²) < 4.78 is 10.0. The first-order valence-corrected chi connectivity index (χ1v) is 4.69. The monoisotopic (exact) mass is 223 g/mol. The Morgan fingerprint density at radius 3 is 2.88 bits per heavy atom. The van der Waals surface area contributed by atoms with E-state index in [0.29, 0.717) is 18.8 Å². The fourth-order valence-electron chi connectivity index (χ4n) is 1.33. The lowest BCUT2D eigenvalue weighted by molar-refractivity contribution is -0.143. The summed E-state index contributed by atoms with van der Waals surface area (Å²) >= 11 is 0. The van der Waals surface area contributed by atoms with Gasteiger partial charge >= 0.3 is 11.9 Å². The zero-order valence-corrected chi connectivity index (χ0v) is 8.25. The average Bonchev–Trinajstić information content (AvgIpc) is 2.65. The predicted molar refractivity (Wildman–Crippen MR) is 51.2 cm³/mol. The van der Waals surface area contributed by atoms with Crippen LogP contribution in [-0.4, -0.2) is 34.7 Å². The maximum absolute atomic E-state index is 11.1. The number of ether oxygens (including phenoxy) is 2. The second kappa shape index (κ2) is 4.18. The maximum atomic E-state index is 11.1. The van der Waals surface area contributed by atoms with Crippen molar-refractivity contribution in [3.8, 4) is 5.75 Å². The summed E-state index contributed by atoms with van der Waals surface area (Å²) in [5.41, 5.74) is -0.0682. The van der Waals surface area contributed by atoms with Crippen molar-refractivity contribution in [1.29, 1.82) is 0 Å². The van der Waals surface area contributed by atoms with Crippen LogP contribution in [0, 0.1) is 0 Å². The van der Waals surface area contributed by atoms with Crippen molar-refractivity contribution >= 4 is 11.9 Å². The highest BCUT2D eigenvalue weighted by molar-refractivity contribution is 5.85. The number of pyridine rings is 1. The Kier molecular flexibility index (Phi) is 2.72. The van der Waals surface area contributed by atoms with Crippen LogP contribution < -0.4 is 4.74 Å². The molecule has 1 N–H and O–H groups in total. The number of carboxylic acid groups (broad SMARTS) is 1. The van der Waals surface area contributed by atoms with Gasteiger partial charge in [-0.2, -0.15) is 0 Å². The fraction of sp³-hybridized carbons (Fsp3) is 0.300. The molecule has 1 aromatic rings. The Labute approximate surface area is 90.8 Å². The van der Waals surface area contributed by atoms with E-state index >= 15 is 0 Å². The van der Waals surface area contributed by atoms with Crippen LogP contribution in [0.4, 0.5) is 0 Å². The third-order valence-electron chi connectivity index (χ3n) is 2.12. The average molecular weight is 223 g/mol. The quantitative estimate of drug-likeness (QED) is 0.750. The fourth-order valence-corrected chi connectivity index (χ4v) is 1.33. The largest absolute Gasteiger partial charge is 0.477 e. The summed E-state index contributed by atoms with van der Waals surface area (Å²) in [6.45, 7) is 0.351. The molecule has 1 atom stereocenters. The molecular weight excluding hydrogens is 214 g/mol. The highest BCUT2D eigenvalue weighted by Crippen LogP contribution is 2.16. The van der Waals surface area contributed by atoms with Crippen LogP contribution in [-0.2, 0) is 9.53 Å². The molecule has 6 nitrogen and oxygen atoms in total. The number of nitrogens with zero attached hydrogens (tertiary/aromatic N) is 1. The van der Waals surface area contributed by atoms with Crippen LogP contribution in [0.5, 0.6) is 5.75 Å². The zero-order chi connectivity index (χ0) is 11.5. The third kappa shape index (κ3) is 2.10. The number of hydrogen-bond donors (Lipinski definition) is 1. The normalized spacial score (nSPS) is 19.2. The number of aromatic nitrogens is 1. The van der Waals surface area contributed by atoms with Crippen LogP contribution in [0.15, 0.2) is 18.3 Å². The van der Waals surface area contributed by atoms with E-state index in [4.69, 9.17) is 14.6 Å². The summed E-state index contributed by atoms with van der Waals surface area (Å²) in [7, 11) is 0. The van der Waals surface area contributed by atoms with Crippen LogP contribution in [0.1, 0.15) is 16.9 Å². The topological polar surface area (TPSA) is 85.7 Å². The van der Waals surface area contributed by atoms with Crippen LogP contribution in [0.25, 0.3) is 0 Å². The number of esters is 1. The molecule has 0 aliphatic carbocycles. The van der Waals surface area contributed by atoms with Crippen LogP contribution >= 0.6 is 0 Å². The van der Waals surface area contributed by atoms with Crippen LogP contribution in [0.2, 0.25) is 0 Å². The van der Waals surface area contributed by atoms with Gasteiger partial charge in [-0.3, -0.25) is 0 Å². The van der Waals surface area contributed by atoms with E-state index < -0.39 is 18.0 Å². The lowest BCUT2D eigenvalue weighted by atomic mass is 10.3. The number of carboxylic acids is 1. The third-order valence-corrected chi connectivity index (χ3v) is 2.12. The number of hydrogen-bond acceptors (Lipinski definition) is 5. The van der Waals surface area contributed by atoms with Gasteiger partial charge in [0.2, 0.25) is 0 Å². The van der Waals surface area contributed by atoms with E-state index in [1.54, 1.807) is 0 Å². The number of carbonyl (C=O) groups is 2. The number of rotatable bonds is 3. The van der Waals surface area contributed by atoms with E-state index in [0.717, 1.165) is 0 Å². The molecule has 6 heteroatoms. The molecule has 1 aliphatic rings. The second-order valence-electron chi connectivity index (χ2n) is 3.25. The molecule has 1 fully saturated rings. The number of cyclic esters (lactones) is 1. The van der Waals surface area contributed by atoms with E-state index in [2.05, 4.69) is 4.98 Å². The van der Waals surface area contributed by atoms with Gasteiger partial charge in [0.05, 0.1) is 12.8 Å². The van der Waals surface area contributed by atoms with Gasteiger partial charge in [-0.1, -0.05) is 0 Å². The highest BCUT2D eigenvalue weighted by atomic mass is 16.6. The molecule has 1 unspecified atom stereocenters. The lowest BCUT2D eigenvalue weighted by Gasteiger charge is -2.08. The smallest absolute Gasteiger partial charge is 0.354 e. The van der Waals surface area contributed by atoms with Gasteiger partial charge in [0.25, 0.3) is 0 Å². The second-order valence-corrected chi connectivity index (χ2v) is 3.25. The SMILES string of the molecule is O=C(O)c1ccc(OC2CCOC2=O)cn1. The minimum Gasteiger partial charge on any atom is -0.477 e. The van der Waals surface area contributed by atoms with Gasteiger partial charge in [0.15, 0.2) is 6.10 Å². The molecule has 1 saturated heterocycles. The van der Waals surface area contributed by atoms with Gasteiger partial charge < -0.3 is 14.6 Å². The summed E-state index contributed by atoms with van der Waals surface area (Å²) in [4.78, 5) is 25.3. The molecule has 16 heavy (non-hydrogen) atoms. The van der Waals surface area contributed by atoms with Crippen molar-refractivity contribution in [2.75, 3.05) is 6.61 Å². The molecule has 0 radical (unpaired) electrons. The lowest BCUT2D eigenvalue weighted by Crippen LogP contribution is -2.21. The number of aromatic carboxylic acids is 1. The van der Waals surface area contributed by atoms with E-state index in [1.165, 1.54) is 18.3 Å². The molecule has 0 saturated carbocycles. The minimum atomic E-state index is -1.10. The van der Waals surface area contributed by atoms with Crippen molar-refractivity contribution < 1.29 is 24.2 Å². The molecular formula is C10H9NO5. The summed E-state index contributed by atoms with van der Waals surface area (Å²) in [6.07, 6.45) is 1.16. The molecule has 0 amide bonds. The number of carbonyl (C=O) groups excluding carboxylic acids is 1. The van der Waals surface area contributed by atoms with E-state index in [1.807, 2.05) is 0 Å². The van der Waals surface area contributed by atoms with Crippen molar-refractivity contribution in [3.63, 3.8) is 0 Å². The Bertz CT molecular complexity index is 414. The molecule has 1 aromatic heterocycles. The van der Waals surface area contributed by atoms with Gasteiger partial charge in [0, 0.05) is 6.42 Å². The Morgan fingerprint density at radius 1 is 1.56 bits per heavy atom. The van der Waals surface area contributed by atoms with Crippen LogP contribution in [0.3, 0.4) is 0 Å². The Morgan fingerprint density at radius 2 is 2.38 bits per heavy atom. The zero-order valence-electron chi connectivity index (χ0n) is 8.25. The molecule has 84 valence electrons. The molecule has 1 aliphatic heterocycles. The minimum absolute atomic E-state index is 0.0682. The Hall–Kier alpha value is -2.11. The van der Waals surface area contributed by atoms with Crippen molar-refractivity contribution in [3.05, 3.63) is 24.0 Å². The molecule has 2 heterocycles. The first kappa shape index (κ1) is 10.4. The van der Waals surface area contributed by atoms with Crippen molar-refractivity contribution in [2.24, 2.45) is 0 Å². The summed E-state index contributed by atoms with van der Waals surface area (Å²) in [5.74, 6) is -1.15. The van der Waals surface area contributed by atoms with E-state index in [9.17, 15) is 9.59 Å². The van der Waals surface area contributed by atoms with Gasteiger partial charge in [-0.25, -0.2) is 14.6 Å². The van der Waals surface area contributed by atoms with Gasteiger partial charge in [-0.15, -0.1) is 0 Å². The van der Waals surface area contributed by atoms with E-state index in [-0.39, 0.29) is 5.69 Å². The molecule has 0 aromatic carbocycles. The first-order valence-electron chi connectivity index (χ1n) is 4.69. The molecule has 0 spiro atoms. The molecule has 0 bridgehead atoms. The molecule has 2 rings (SSSR count). The maximum Gasteiger partial charge on any atom is 0.354 e. The van der Waals surface area contributed by atoms with Crippen molar-refractivity contribution in [1.82, 2.24) is 4.98 Å². The first-order chi connectivity index (χ1) is 7.66. The van der Waals surface area contributed by atoms with Gasteiger partial charge in [0.1, 0.15) is 11.4 Å². The summed E-state index contributed by atoms with van der Waals surface area (Å²) in [5, 5.41) is 8.62. The standard InChI is InChI=1S/C10H9NO5/c12-9(13)7-2-1-6(5-11-7)16-8-3-4-15-10(8)14/h1-2,5,8H,3-4H2,(H,12,13). The van der Waals surface area contributed by atoms with Crippen molar-refractivity contribution in [2.45, 2.75) is 12.5 Å². The predicted octanol–water partition coefficient (Wildman–Crippen LogP) is 0.474. The Balaban J connectivity index is 2.05.